The van der Waals surface area contributed by atoms with Crippen LogP contribution in [0.25, 0.3) is 0 Å². The quantitative estimate of drug-likeness (QED) is 0.238. The highest BCUT2D eigenvalue weighted by Crippen LogP contribution is 2.65. The van der Waals surface area contributed by atoms with Gasteiger partial charge in [0.1, 0.15) is 23.1 Å². The maximum Gasteiger partial charge on any atom is 0.253 e. The van der Waals surface area contributed by atoms with Crippen LogP contribution >= 0.6 is 0 Å². The van der Waals surface area contributed by atoms with Crippen molar-refractivity contribution >= 4 is 29.1 Å². The summed E-state index contributed by atoms with van der Waals surface area (Å²) in [7, 11) is 1.58. The molecule has 5 rings (SSSR count). The zero-order valence-electron chi connectivity index (χ0n) is 29.5. The zero-order chi connectivity index (χ0) is 35.5. The highest BCUT2D eigenvalue weighted by molar-refractivity contribution is 6.07. The number of hydrogen-bond acceptors (Lipinski definition) is 7. The predicted octanol–water partition coefficient (Wildman–Crippen LogP) is 5.39. The van der Waals surface area contributed by atoms with E-state index in [4.69, 9.17) is 14.2 Å². The molecule has 3 amide bonds. The van der Waals surface area contributed by atoms with Gasteiger partial charge in [-0.3, -0.25) is 14.4 Å². The molecule has 7 atom stereocenters. The van der Waals surface area contributed by atoms with Crippen LogP contribution in [-0.2, 0) is 19.1 Å². The number of aliphatic hydroxyl groups excluding tert-OH is 1. The zero-order valence-corrected chi connectivity index (χ0v) is 29.5. The van der Waals surface area contributed by atoms with Crippen LogP contribution < -0.4 is 19.3 Å². The molecule has 2 unspecified atom stereocenters. The molecule has 3 heterocycles. The molecule has 0 aliphatic carbocycles. The Morgan fingerprint density at radius 1 is 0.980 bits per heavy atom. The molecular formula is C39H51N3O7. The first-order chi connectivity index (χ1) is 23.6. The minimum absolute atomic E-state index is 0.124. The standard InChI is InChI=1S/C39H51N3O7/c1-8-23-40(27-15-19-30(20-16-27)48-12-5)35(44)32-33-36(45)42(31(25-43)26(6)10-3)34(39(33)22-21-38(32,11-4)49-39)37(46)41(24-9-2)28-13-17-29(47-7)18-14-28/h8-9,13-20,26,31-34,43H,1-2,10-12,21-25H2,3-7H3/t26-,31-,32-,33-,34?,38+,39?/m0/s1. The number of benzene rings is 2. The van der Waals surface area contributed by atoms with Gasteiger partial charge in [-0.1, -0.05) is 39.3 Å². The average Bonchev–Trinajstić information content (AvgIpc) is 3.73. The number of anilines is 2. The molecule has 0 radical (unpaired) electrons. The molecule has 2 aromatic carbocycles. The van der Waals surface area contributed by atoms with Crippen LogP contribution in [0.3, 0.4) is 0 Å². The molecule has 1 spiro atoms. The lowest BCUT2D eigenvalue weighted by Crippen LogP contribution is -2.60. The van der Waals surface area contributed by atoms with Crippen molar-refractivity contribution < 1.29 is 33.7 Å². The first-order valence-corrected chi connectivity index (χ1v) is 17.5. The number of likely N-dealkylation sites (tertiary alicyclic amines) is 1. The van der Waals surface area contributed by atoms with Crippen molar-refractivity contribution in [1.82, 2.24) is 4.90 Å². The van der Waals surface area contributed by atoms with Gasteiger partial charge < -0.3 is 34.0 Å². The summed E-state index contributed by atoms with van der Waals surface area (Å²) in [6.07, 6.45) is 5.43. The second kappa shape index (κ2) is 14.8. The molecule has 49 heavy (non-hydrogen) atoms. The van der Waals surface area contributed by atoms with E-state index >= 15 is 9.59 Å². The second-order valence-electron chi connectivity index (χ2n) is 13.3. The third kappa shape index (κ3) is 6.03. The van der Waals surface area contributed by atoms with E-state index in [1.165, 1.54) is 0 Å². The van der Waals surface area contributed by atoms with Crippen molar-refractivity contribution in [2.24, 2.45) is 17.8 Å². The Bertz CT molecular complexity index is 1530. The second-order valence-corrected chi connectivity index (χ2v) is 13.3. The minimum atomic E-state index is -1.27. The number of carbonyl (C=O) groups excluding carboxylic acids is 3. The van der Waals surface area contributed by atoms with Crippen molar-refractivity contribution in [1.29, 1.82) is 0 Å². The molecule has 3 aliphatic rings. The summed E-state index contributed by atoms with van der Waals surface area (Å²) < 4.78 is 18.1. The third-order valence-electron chi connectivity index (χ3n) is 11.0. The molecule has 3 aliphatic heterocycles. The van der Waals surface area contributed by atoms with Crippen molar-refractivity contribution in [2.75, 3.05) is 43.2 Å². The number of methoxy groups -OCH3 is 1. The molecule has 3 saturated heterocycles. The molecule has 10 nitrogen and oxygen atoms in total. The van der Waals surface area contributed by atoms with E-state index in [2.05, 4.69) is 13.2 Å². The van der Waals surface area contributed by atoms with Crippen molar-refractivity contribution in [3.05, 3.63) is 73.8 Å². The number of amides is 3. The Hall–Kier alpha value is -4.15. The lowest BCUT2D eigenvalue weighted by molar-refractivity contribution is -0.150. The van der Waals surface area contributed by atoms with Crippen molar-refractivity contribution in [3.8, 4) is 11.5 Å². The Morgan fingerprint density at radius 3 is 2.04 bits per heavy atom. The number of ether oxygens (including phenoxy) is 3. The van der Waals surface area contributed by atoms with Gasteiger partial charge in [0.2, 0.25) is 11.8 Å². The molecule has 2 aromatic rings. The molecule has 2 bridgehead atoms. The number of fused-ring (bicyclic) bond motifs is 1. The number of nitrogens with zero attached hydrogens (tertiary/aromatic N) is 3. The van der Waals surface area contributed by atoms with Crippen LogP contribution in [0.15, 0.2) is 73.8 Å². The first-order valence-electron chi connectivity index (χ1n) is 17.5. The van der Waals surface area contributed by atoms with E-state index < -0.39 is 35.1 Å². The summed E-state index contributed by atoms with van der Waals surface area (Å²) in [4.78, 5) is 49.9. The highest BCUT2D eigenvalue weighted by atomic mass is 16.5. The maximum atomic E-state index is 15.1. The molecule has 10 heteroatoms. The van der Waals surface area contributed by atoms with Gasteiger partial charge in [0.25, 0.3) is 5.91 Å². The molecule has 264 valence electrons. The van der Waals surface area contributed by atoms with Crippen LogP contribution in [0, 0.1) is 17.8 Å². The number of hydrogen-bond donors (Lipinski definition) is 1. The summed E-state index contributed by atoms with van der Waals surface area (Å²) in [5.74, 6) is -1.48. The SMILES string of the molecule is C=CCN(C(=O)C1N([C@@H](CO)[C@@H](C)CC)C(=O)[C@@H]2[C@@H](C(=O)N(CC=C)c3ccc(OCC)cc3)[C@@]3(CC)CCC12O3)c1ccc(OC)cc1. The largest absolute Gasteiger partial charge is 0.497 e. The minimum Gasteiger partial charge on any atom is -0.497 e. The molecule has 0 saturated carbocycles. The first kappa shape index (κ1) is 36.1. The van der Waals surface area contributed by atoms with Gasteiger partial charge >= 0.3 is 0 Å². The molecule has 0 aromatic heterocycles. The number of carbonyl (C=O) groups is 3. The lowest BCUT2D eigenvalue weighted by Gasteiger charge is -2.41. The van der Waals surface area contributed by atoms with Gasteiger partial charge in [-0.25, -0.2) is 0 Å². The van der Waals surface area contributed by atoms with Gasteiger partial charge in [0, 0.05) is 24.5 Å². The average molecular weight is 674 g/mol. The van der Waals surface area contributed by atoms with Gasteiger partial charge in [0.05, 0.1) is 43.8 Å². The van der Waals surface area contributed by atoms with Gasteiger partial charge in [-0.05, 0) is 80.6 Å². The van der Waals surface area contributed by atoms with Gasteiger partial charge in [0.15, 0.2) is 0 Å². The van der Waals surface area contributed by atoms with Crippen LogP contribution in [0.2, 0.25) is 0 Å². The highest BCUT2D eigenvalue weighted by Gasteiger charge is 2.79. The molecule has 3 fully saturated rings. The topological polar surface area (TPSA) is 109 Å². The normalized spacial score (nSPS) is 26.5. The summed E-state index contributed by atoms with van der Waals surface area (Å²) in [6, 6.07) is 12.7. The van der Waals surface area contributed by atoms with E-state index in [-0.39, 0.29) is 43.3 Å². The van der Waals surface area contributed by atoms with E-state index in [0.717, 1.165) is 0 Å². The summed E-state index contributed by atoms with van der Waals surface area (Å²) in [5.41, 5.74) is -0.951. The Morgan fingerprint density at radius 2 is 1.55 bits per heavy atom. The Balaban J connectivity index is 1.64. The molecular weight excluding hydrogens is 622 g/mol. The van der Waals surface area contributed by atoms with Crippen LogP contribution in [-0.4, -0.2) is 84.4 Å². The molecule has 1 N–H and O–H groups in total. The van der Waals surface area contributed by atoms with Crippen LogP contribution in [0.5, 0.6) is 11.5 Å². The van der Waals surface area contributed by atoms with Crippen LogP contribution in [0.4, 0.5) is 11.4 Å². The van der Waals surface area contributed by atoms with Crippen LogP contribution in [0.1, 0.15) is 53.4 Å². The van der Waals surface area contributed by atoms with Crippen molar-refractivity contribution in [2.45, 2.75) is 76.7 Å². The fourth-order valence-corrected chi connectivity index (χ4v) is 8.35. The number of rotatable bonds is 16. The Labute approximate surface area is 290 Å². The fraction of sp³-hybridized carbons (Fsp3) is 0.513. The van der Waals surface area contributed by atoms with E-state index in [1.807, 2.05) is 52.0 Å². The lowest BCUT2D eigenvalue weighted by atomic mass is 9.64. The van der Waals surface area contributed by atoms with Gasteiger partial charge in [-0.15, -0.1) is 13.2 Å². The summed E-state index contributed by atoms with van der Waals surface area (Å²) >= 11 is 0. The Kier molecular flexibility index (Phi) is 10.9. The summed E-state index contributed by atoms with van der Waals surface area (Å²) in [6.45, 7) is 16.3. The monoisotopic (exact) mass is 673 g/mol. The maximum absolute atomic E-state index is 15.1. The number of aliphatic hydroxyl groups is 1. The predicted molar refractivity (Wildman–Crippen MR) is 190 cm³/mol. The van der Waals surface area contributed by atoms with E-state index in [9.17, 15) is 9.90 Å². The summed E-state index contributed by atoms with van der Waals surface area (Å²) in [5, 5.41) is 10.8. The van der Waals surface area contributed by atoms with E-state index in [0.29, 0.717) is 55.2 Å². The fourth-order valence-electron chi connectivity index (χ4n) is 8.35. The smallest absolute Gasteiger partial charge is 0.253 e. The third-order valence-corrected chi connectivity index (χ3v) is 11.0. The van der Waals surface area contributed by atoms with E-state index in [1.54, 1.807) is 58.2 Å². The van der Waals surface area contributed by atoms with Crippen molar-refractivity contribution in [3.63, 3.8) is 0 Å². The van der Waals surface area contributed by atoms with Gasteiger partial charge in [-0.2, -0.15) is 0 Å².